The van der Waals surface area contributed by atoms with Gasteiger partial charge in [-0.15, -0.1) is 0 Å². The number of hydrogen-bond acceptors (Lipinski definition) is 2. The fraction of sp³-hybridized carbons (Fsp3) is 0.500. The highest BCUT2D eigenvalue weighted by molar-refractivity contribution is 5.48. The standard InChI is InChI=1S/C12H18.C8H12N2/c1-7-8(2)10(4)12(6)11(5)9(7)3;1-5-6(2)9-8(4)10-7(5)3/h1-6H3;1-4H3. The summed E-state index contributed by atoms with van der Waals surface area (Å²) in [5, 5.41) is 0. The van der Waals surface area contributed by atoms with Crippen LogP contribution in [0.4, 0.5) is 0 Å². The molecular weight excluding hydrogens is 268 g/mol. The topological polar surface area (TPSA) is 25.8 Å². The second kappa shape index (κ2) is 7.04. The van der Waals surface area contributed by atoms with E-state index in [2.05, 4.69) is 51.5 Å². The van der Waals surface area contributed by atoms with E-state index in [0.717, 1.165) is 17.2 Å². The first-order valence-electron chi connectivity index (χ1n) is 7.89. The molecule has 0 radical (unpaired) electrons. The van der Waals surface area contributed by atoms with Crippen LogP contribution in [0, 0.1) is 69.2 Å². The molecule has 22 heavy (non-hydrogen) atoms. The van der Waals surface area contributed by atoms with Gasteiger partial charge in [-0.3, -0.25) is 0 Å². The van der Waals surface area contributed by atoms with E-state index in [0.29, 0.717) is 0 Å². The highest BCUT2D eigenvalue weighted by Crippen LogP contribution is 2.24. The molecule has 0 fully saturated rings. The summed E-state index contributed by atoms with van der Waals surface area (Å²) in [5.74, 6) is 0.862. The number of aryl methyl sites for hydroxylation is 3. The van der Waals surface area contributed by atoms with Crippen LogP contribution >= 0.6 is 0 Å². The zero-order valence-electron chi connectivity index (χ0n) is 15.9. The number of hydrogen-bond donors (Lipinski definition) is 0. The van der Waals surface area contributed by atoms with Crippen molar-refractivity contribution >= 4 is 0 Å². The molecule has 2 rings (SSSR count). The van der Waals surface area contributed by atoms with E-state index in [1.807, 2.05) is 27.7 Å². The van der Waals surface area contributed by atoms with Crippen LogP contribution in [0.2, 0.25) is 0 Å². The van der Waals surface area contributed by atoms with Crippen molar-refractivity contribution < 1.29 is 0 Å². The molecule has 120 valence electrons. The van der Waals surface area contributed by atoms with Crippen molar-refractivity contribution in [3.63, 3.8) is 0 Å². The molecule has 0 saturated carbocycles. The third-order valence-electron chi connectivity index (χ3n) is 5.12. The Morgan fingerprint density at radius 1 is 0.364 bits per heavy atom. The minimum absolute atomic E-state index is 0.862. The molecule has 2 heteroatoms. The normalized spacial score (nSPS) is 10.3. The molecule has 1 aromatic heterocycles. The van der Waals surface area contributed by atoms with Gasteiger partial charge in [0.2, 0.25) is 0 Å². The van der Waals surface area contributed by atoms with E-state index in [-0.39, 0.29) is 0 Å². The quantitative estimate of drug-likeness (QED) is 0.664. The SMILES string of the molecule is Cc1c(C)c(C)c(C)c(C)c1C.Cc1nc(C)c(C)c(C)n1. The van der Waals surface area contributed by atoms with Crippen LogP contribution in [0.25, 0.3) is 0 Å². The van der Waals surface area contributed by atoms with Crippen LogP contribution in [0.1, 0.15) is 56.2 Å². The minimum atomic E-state index is 0.862. The Morgan fingerprint density at radius 2 is 0.591 bits per heavy atom. The summed E-state index contributed by atoms with van der Waals surface area (Å²) < 4.78 is 0. The van der Waals surface area contributed by atoms with Gasteiger partial charge in [-0.2, -0.15) is 0 Å². The second-order valence-corrected chi connectivity index (χ2v) is 6.32. The van der Waals surface area contributed by atoms with Gasteiger partial charge in [-0.1, -0.05) is 0 Å². The monoisotopic (exact) mass is 298 g/mol. The van der Waals surface area contributed by atoms with Gasteiger partial charge in [0.15, 0.2) is 0 Å². The molecule has 0 unspecified atom stereocenters. The lowest BCUT2D eigenvalue weighted by atomic mass is 9.90. The summed E-state index contributed by atoms with van der Waals surface area (Å²) in [6.07, 6.45) is 0. The number of nitrogens with zero attached hydrogens (tertiary/aromatic N) is 2. The lowest BCUT2D eigenvalue weighted by Gasteiger charge is -2.15. The molecule has 0 aliphatic heterocycles. The Labute approximate surface area is 136 Å². The first-order valence-corrected chi connectivity index (χ1v) is 7.89. The highest BCUT2D eigenvalue weighted by Gasteiger charge is 2.07. The first-order chi connectivity index (χ1) is 10.1. The summed E-state index contributed by atoms with van der Waals surface area (Å²) in [6, 6.07) is 0. The fourth-order valence-electron chi connectivity index (χ4n) is 2.63. The number of aromatic nitrogens is 2. The average molecular weight is 298 g/mol. The van der Waals surface area contributed by atoms with E-state index < -0.39 is 0 Å². The number of benzene rings is 1. The highest BCUT2D eigenvalue weighted by atomic mass is 14.9. The van der Waals surface area contributed by atoms with Gasteiger partial charge in [-0.05, 0) is 108 Å². The van der Waals surface area contributed by atoms with Crippen molar-refractivity contribution in [1.29, 1.82) is 0 Å². The maximum absolute atomic E-state index is 4.22. The predicted octanol–water partition coefficient (Wildman–Crippen LogP) is 5.25. The van der Waals surface area contributed by atoms with Gasteiger partial charge in [0, 0.05) is 11.4 Å². The molecule has 1 aromatic carbocycles. The van der Waals surface area contributed by atoms with E-state index >= 15 is 0 Å². The van der Waals surface area contributed by atoms with Crippen LogP contribution in [0.3, 0.4) is 0 Å². The van der Waals surface area contributed by atoms with Crippen molar-refractivity contribution in [2.45, 2.75) is 69.2 Å². The zero-order chi connectivity index (χ0) is 17.2. The molecule has 0 amide bonds. The fourth-order valence-corrected chi connectivity index (χ4v) is 2.63. The Balaban J connectivity index is 0.000000224. The molecule has 0 aliphatic carbocycles. The molecule has 0 spiro atoms. The van der Waals surface area contributed by atoms with Gasteiger partial charge < -0.3 is 0 Å². The van der Waals surface area contributed by atoms with E-state index in [1.165, 1.54) is 38.9 Å². The van der Waals surface area contributed by atoms with Gasteiger partial charge in [0.25, 0.3) is 0 Å². The molecule has 2 aromatic rings. The van der Waals surface area contributed by atoms with Crippen molar-refractivity contribution in [3.05, 3.63) is 56.2 Å². The minimum Gasteiger partial charge on any atom is -0.238 e. The maximum atomic E-state index is 4.22. The predicted molar refractivity (Wildman–Crippen MR) is 95.8 cm³/mol. The van der Waals surface area contributed by atoms with Gasteiger partial charge in [-0.25, -0.2) is 9.97 Å². The summed E-state index contributed by atoms with van der Waals surface area (Å²) in [6.45, 7) is 21.3. The molecule has 0 atom stereocenters. The lowest BCUT2D eigenvalue weighted by molar-refractivity contribution is 0.948. The van der Waals surface area contributed by atoms with Gasteiger partial charge in [0.05, 0.1) is 0 Å². The summed E-state index contributed by atoms with van der Waals surface area (Å²) in [5.41, 5.74) is 12.1. The van der Waals surface area contributed by atoms with Crippen molar-refractivity contribution in [3.8, 4) is 0 Å². The first kappa shape index (κ1) is 18.3. The molecule has 0 aliphatic rings. The lowest BCUT2D eigenvalue weighted by Crippen LogP contribution is -1.98. The van der Waals surface area contributed by atoms with Crippen molar-refractivity contribution in [2.75, 3.05) is 0 Å². The van der Waals surface area contributed by atoms with E-state index in [1.54, 1.807) is 0 Å². The Kier molecular flexibility index (Phi) is 5.87. The summed E-state index contributed by atoms with van der Waals surface area (Å²) >= 11 is 0. The molecular formula is C20H30N2. The van der Waals surface area contributed by atoms with E-state index in [9.17, 15) is 0 Å². The average Bonchev–Trinajstić information content (AvgIpc) is 2.47. The summed E-state index contributed by atoms with van der Waals surface area (Å²) in [4.78, 5) is 8.45. The zero-order valence-corrected chi connectivity index (χ0v) is 15.9. The largest absolute Gasteiger partial charge is 0.238 e. The molecule has 2 nitrogen and oxygen atoms in total. The van der Waals surface area contributed by atoms with Crippen LogP contribution in [0.15, 0.2) is 0 Å². The molecule has 1 heterocycles. The van der Waals surface area contributed by atoms with Crippen molar-refractivity contribution in [1.82, 2.24) is 9.97 Å². The van der Waals surface area contributed by atoms with Crippen molar-refractivity contribution in [2.24, 2.45) is 0 Å². The van der Waals surface area contributed by atoms with Crippen LogP contribution in [-0.2, 0) is 0 Å². The Bertz CT molecular complexity index is 569. The maximum Gasteiger partial charge on any atom is 0.125 e. The molecule has 0 bridgehead atoms. The molecule has 0 saturated heterocycles. The Morgan fingerprint density at radius 3 is 0.818 bits per heavy atom. The smallest absolute Gasteiger partial charge is 0.125 e. The Hall–Kier alpha value is -1.70. The summed E-state index contributed by atoms with van der Waals surface area (Å²) in [7, 11) is 0. The van der Waals surface area contributed by atoms with Crippen LogP contribution in [-0.4, -0.2) is 9.97 Å². The van der Waals surface area contributed by atoms with Gasteiger partial charge in [0.1, 0.15) is 5.82 Å². The number of rotatable bonds is 0. The second-order valence-electron chi connectivity index (χ2n) is 6.32. The molecule has 0 N–H and O–H groups in total. The van der Waals surface area contributed by atoms with E-state index in [4.69, 9.17) is 0 Å². The van der Waals surface area contributed by atoms with Crippen LogP contribution in [0.5, 0.6) is 0 Å². The third-order valence-corrected chi connectivity index (χ3v) is 5.12. The van der Waals surface area contributed by atoms with Crippen LogP contribution < -0.4 is 0 Å². The van der Waals surface area contributed by atoms with Gasteiger partial charge >= 0.3 is 0 Å². The third kappa shape index (κ3) is 3.73.